The van der Waals surface area contributed by atoms with Crippen molar-refractivity contribution in [2.45, 2.75) is 44.1 Å². The molecule has 0 aliphatic rings. The lowest BCUT2D eigenvalue weighted by Crippen LogP contribution is -2.21. The van der Waals surface area contributed by atoms with E-state index in [2.05, 4.69) is 6.07 Å². The summed E-state index contributed by atoms with van der Waals surface area (Å²) in [4.78, 5) is 0. The van der Waals surface area contributed by atoms with Crippen LogP contribution in [0.3, 0.4) is 0 Å². The lowest BCUT2D eigenvalue weighted by atomic mass is 10.4. The van der Waals surface area contributed by atoms with Crippen molar-refractivity contribution in [1.29, 1.82) is 5.26 Å². The summed E-state index contributed by atoms with van der Waals surface area (Å²) in [7, 11) is -0.964. The van der Waals surface area contributed by atoms with E-state index in [-0.39, 0.29) is 10.5 Å². The van der Waals surface area contributed by atoms with Gasteiger partial charge in [0.15, 0.2) is 0 Å². The molecule has 0 aliphatic carbocycles. The van der Waals surface area contributed by atoms with Crippen LogP contribution in [0.15, 0.2) is 0 Å². The van der Waals surface area contributed by atoms with E-state index in [9.17, 15) is 4.21 Å². The van der Waals surface area contributed by atoms with Crippen LogP contribution in [-0.2, 0) is 10.8 Å². The van der Waals surface area contributed by atoms with Crippen molar-refractivity contribution < 1.29 is 4.21 Å². The second kappa shape index (κ2) is 5.31. The molecule has 0 rings (SSSR count). The number of rotatable bonds is 4. The molecule has 0 aromatic heterocycles. The highest BCUT2D eigenvalue weighted by atomic mass is 32.2. The van der Waals surface area contributed by atoms with Gasteiger partial charge in [0.2, 0.25) is 0 Å². The van der Waals surface area contributed by atoms with Crippen molar-refractivity contribution in [3.63, 3.8) is 0 Å². The first kappa shape index (κ1) is 10.6. The van der Waals surface area contributed by atoms with Crippen molar-refractivity contribution in [3.8, 4) is 6.07 Å². The molecular weight excluding hydrogens is 158 g/mol. The summed E-state index contributed by atoms with van der Waals surface area (Å²) in [5, 5.41) is 8.48. The molecule has 0 aromatic carbocycles. The Kier molecular flexibility index (Phi) is 5.14. The van der Waals surface area contributed by atoms with Crippen LogP contribution in [0.1, 0.15) is 33.6 Å². The normalized spacial score (nSPS) is 18.4. The first-order chi connectivity index (χ1) is 5.17. The Balaban J connectivity index is 4.12. The highest BCUT2D eigenvalue weighted by Gasteiger charge is 2.18. The Morgan fingerprint density at radius 2 is 2.00 bits per heavy atom. The van der Waals surface area contributed by atoms with Crippen molar-refractivity contribution in [1.82, 2.24) is 0 Å². The van der Waals surface area contributed by atoms with Crippen LogP contribution < -0.4 is 0 Å². The number of hydrogen-bond donors (Lipinski definition) is 0. The fraction of sp³-hybridized carbons (Fsp3) is 0.875. The lowest BCUT2D eigenvalue weighted by molar-refractivity contribution is 0.662. The van der Waals surface area contributed by atoms with Crippen LogP contribution in [0, 0.1) is 11.3 Å². The standard InChI is InChI=1S/C8H15NOS/c1-4-7(3)11(10)8(5-2)6-9/h7-8H,4-5H2,1-3H3. The largest absolute Gasteiger partial charge is 0.258 e. The third-order valence-corrected chi connectivity index (χ3v) is 3.89. The molecule has 0 bridgehead atoms. The maximum Gasteiger partial charge on any atom is 0.121 e. The van der Waals surface area contributed by atoms with Crippen molar-refractivity contribution >= 4 is 10.8 Å². The molecule has 0 aliphatic heterocycles. The number of hydrogen-bond acceptors (Lipinski definition) is 2. The van der Waals surface area contributed by atoms with Crippen molar-refractivity contribution in [2.75, 3.05) is 0 Å². The Morgan fingerprint density at radius 1 is 1.45 bits per heavy atom. The summed E-state index contributed by atoms with van der Waals surface area (Å²) in [5.74, 6) is 0. The number of nitrogens with zero attached hydrogens (tertiary/aromatic N) is 1. The molecule has 0 N–H and O–H groups in total. The Labute approximate surface area is 71.1 Å². The predicted molar refractivity (Wildman–Crippen MR) is 47.6 cm³/mol. The summed E-state index contributed by atoms with van der Waals surface area (Å²) < 4.78 is 11.4. The minimum atomic E-state index is -0.964. The van der Waals surface area contributed by atoms with Crippen molar-refractivity contribution in [2.24, 2.45) is 0 Å². The quantitative estimate of drug-likeness (QED) is 0.651. The molecule has 0 radical (unpaired) electrons. The molecule has 0 aromatic rings. The molecule has 0 amide bonds. The Hall–Kier alpha value is -0.360. The maximum atomic E-state index is 11.4. The van der Waals surface area contributed by atoms with Crippen LogP contribution >= 0.6 is 0 Å². The van der Waals surface area contributed by atoms with E-state index in [0.717, 1.165) is 6.42 Å². The van der Waals surface area contributed by atoms with E-state index < -0.39 is 10.8 Å². The zero-order valence-corrected chi connectivity index (χ0v) is 8.15. The van der Waals surface area contributed by atoms with Crippen LogP contribution in [-0.4, -0.2) is 14.7 Å². The van der Waals surface area contributed by atoms with E-state index in [0.29, 0.717) is 6.42 Å². The molecular formula is C8H15NOS. The minimum Gasteiger partial charge on any atom is -0.258 e. The van der Waals surface area contributed by atoms with E-state index in [1.54, 1.807) is 0 Å². The molecule has 0 heterocycles. The van der Waals surface area contributed by atoms with Crippen LogP contribution in [0.2, 0.25) is 0 Å². The predicted octanol–water partition coefficient (Wildman–Crippen LogP) is 1.84. The van der Waals surface area contributed by atoms with E-state index in [4.69, 9.17) is 5.26 Å². The molecule has 2 nitrogen and oxygen atoms in total. The third kappa shape index (κ3) is 3.02. The Morgan fingerprint density at radius 3 is 2.27 bits per heavy atom. The molecule has 11 heavy (non-hydrogen) atoms. The highest BCUT2D eigenvalue weighted by Crippen LogP contribution is 2.09. The topological polar surface area (TPSA) is 40.9 Å². The summed E-state index contributed by atoms with van der Waals surface area (Å²) >= 11 is 0. The fourth-order valence-corrected chi connectivity index (χ4v) is 2.07. The number of nitriles is 1. The minimum absolute atomic E-state index is 0.152. The highest BCUT2D eigenvalue weighted by molar-refractivity contribution is 7.86. The van der Waals surface area contributed by atoms with Gasteiger partial charge in [-0.1, -0.05) is 20.8 Å². The van der Waals surface area contributed by atoms with Gasteiger partial charge in [0, 0.05) is 16.0 Å². The van der Waals surface area contributed by atoms with Crippen LogP contribution in [0.5, 0.6) is 0 Å². The summed E-state index contributed by atoms with van der Waals surface area (Å²) in [6.45, 7) is 5.82. The van der Waals surface area contributed by atoms with Gasteiger partial charge in [0.1, 0.15) is 5.25 Å². The van der Waals surface area contributed by atoms with Gasteiger partial charge in [-0.3, -0.25) is 4.21 Å². The van der Waals surface area contributed by atoms with Gasteiger partial charge >= 0.3 is 0 Å². The van der Waals surface area contributed by atoms with Gasteiger partial charge in [-0.2, -0.15) is 5.26 Å². The molecule has 0 fully saturated rings. The van der Waals surface area contributed by atoms with Gasteiger partial charge < -0.3 is 0 Å². The fourth-order valence-electron chi connectivity index (χ4n) is 0.752. The van der Waals surface area contributed by atoms with E-state index >= 15 is 0 Å². The average Bonchev–Trinajstić information content (AvgIpc) is 2.05. The average molecular weight is 173 g/mol. The smallest absolute Gasteiger partial charge is 0.121 e. The molecule has 3 heteroatoms. The van der Waals surface area contributed by atoms with E-state index in [1.807, 2.05) is 20.8 Å². The first-order valence-corrected chi connectivity index (χ1v) is 5.23. The Bertz CT molecular complexity index is 173. The van der Waals surface area contributed by atoms with E-state index in [1.165, 1.54) is 0 Å². The summed E-state index contributed by atoms with van der Waals surface area (Å²) in [5.41, 5.74) is 0. The summed E-state index contributed by atoms with van der Waals surface area (Å²) in [6.07, 6.45) is 1.57. The lowest BCUT2D eigenvalue weighted by Gasteiger charge is -2.11. The summed E-state index contributed by atoms with van der Waals surface area (Å²) in [6, 6.07) is 2.07. The third-order valence-electron chi connectivity index (χ3n) is 1.77. The zero-order chi connectivity index (χ0) is 8.85. The van der Waals surface area contributed by atoms with Crippen molar-refractivity contribution in [3.05, 3.63) is 0 Å². The zero-order valence-electron chi connectivity index (χ0n) is 7.33. The van der Waals surface area contributed by atoms with Gasteiger partial charge in [-0.25, -0.2) is 0 Å². The second-order valence-corrected chi connectivity index (χ2v) is 4.60. The SMILES string of the molecule is CCC(C)S(=O)C(C#N)CC. The monoisotopic (exact) mass is 173 g/mol. The molecule has 0 spiro atoms. The molecule has 0 saturated carbocycles. The second-order valence-electron chi connectivity index (χ2n) is 2.57. The van der Waals surface area contributed by atoms with Crippen LogP contribution in [0.4, 0.5) is 0 Å². The van der Waals surface area contributed by atoms with Crippen LogP contribution in [0.25, 0.3) is 0 Å². The first-order valence-electron chi connectivity index (χ1n) is 3.96. The molecule has 64 valence electrons. The van der Waals surface area contributed by atoms with Gasteiger partial charge in [0.05, 0.1) is 6.07 Å². The maximum absolute atomic E-state index is 11.4. The van der Waals surface area contributed by atoms with Gasteiger partial charge in [-0.15, -0.1) is 0 Å². The molecule has 3 unspecified atom stereocenters. The van der Waals surface area contributed by atoms with Gasteiger partial charge in [0.25, 0.3) is 0 Å². The molecule has 0 saturated heterocycles. The molecule has 3 atom stereocenters. The van der Waals surface area contributed by atoms with Gasteiger partial charge in [-0.05, 0) is 12.8 Å².